The number of piperazine rings is 1. The number of amides is 1. The molecule has 0 bridgehead atoms. The standard InChI is InChI=1S/C20H29N3O5S/c1-3-28-20(25)17-6-8-18(9-7-17)29(26,27)23-12-10-22(11-13-23)14-19(24)21-15(2)16-4-5-16/h6-9,15-16H,3-5,10-14H2,1-2H3,(H,21,24)/t15-/m0/s1. The summed E-state index contributed by atoms with van der Waals surface area (Å²) in [7, 11) is -3.64. The van der Waals surface area contributed by atoms with Crippen LogP contribution in [0.5, 0.6) is 0 Å². The molecule has 1 saturated heterocycles. The molecule has 1 aromatic rings. The predicted molar refractivity (Wildman–Crippen MR) is 108 cm³/mol. The van der Waals surface area contributed by atoms with Crippen LogP contribution < -0.4 is 5.32 Å². The largest absolute Gasteiger partial charge is 0.462 e. The van der Waals surface area contributed by atoms with Crippen LogP contribution in [-0.2, 0) is 19.6 Å². The van der Waals surface area contributed by atoms with Crippen molar-refractivity contribution in [2.75, 3.05) is 39.3 Å². The average Bonchev–Trinajstić information content (AvgIpc) is 3.54. The van der Waals surface area contributed by atoms with E-state index in [0.29, 0.717) is 44.2 Å². The van der Waals surface area contributed by atoms with Gasteiger partial charge in [0.1, 0.15) is 0 Å². The van der Waals surface area contributed by atoms with Crippen LogP contribution in [0.3, 0.4) is 0 Å². The van der Waals surface area contributed by atoms with Crippen LogP contribution >= 0.6 is 0 Å². The Morgan fingerprint density at radius 1 is 1.14 bits per heavy atom. The molecule has 0 aromatic heterocycles. The second-order valence-corrected chi connectivity index (χ2v) is 9.56. The first-order chi connectivity index (χ1) is 13.8. The van der Waals surface area contributed by atoms with Gasteiger partial charge in [0.05, 0.1) is 23.6 Å². The molecule has 160 valence electrons. The van der Waals surface area contributed by atoms with E-state index in [1.807, 2.05) is 11.8 Å². The van der Waals surface area contributed by atoms with E-state index in [1.54, 1.807) is 6.92 Å². The fourth-order valence-electron chi connectivity index (χ4n) is 3.47. The van der Waals surface area contributed by atoms with Crippen LogP contribution in [0.1, 0.15) is 37.0 Å². The number of nitrogens with zero attached hydrogens (tertiary/aromatic N) is 2. The van der Waals surface area contributed by atoms with E-state index in [1.165, 1.54) is 41.4 Å². The number of sulfonamides is 1. The minimum atomic E-state index is -3.64. The topological polar surface area (TPSA) is 96.0 Å². The Kier molecular flexibility index (Phi) is 6.92. The lowest BCUT2D eigenvalue weighted by atomic mass is 10.2. The molecule has 2 aliphatic rings. The average molecular weight is 424 g/mol. The van der Waals surface area contributed by atoms with Gasteiger partial charge in [0.25, 0.3) is 0 Å². The number of nitrogens with one attached hydrogen (secondary N) is 1. The van der Waals surface area contributed by atoms with Crippen LogP contribution in [0.15, 0.2) is 29.2 Å². The highest BCUT2D eigenvalue weighted by Crippen LogP contribution is 2.32. The molecule has 2 fully saturated rings. The fourth-order valence-corrected chi connectivity index (χ4v) is 4.89. The molecule has 1 heterocycles. The molecule has 0 radical (unpaired) electrons. The van der Waals surface area contributed by atoms with E-state index in [-0.39, 0.29) is 23.5 Å². The van der Waals surface area contributed by atoms with Crippen LogP contribution in [0, 0.1) is 5.92 Å². The number of hydrogen-bond acceptors (Lipinski definition) is 6. The first kappa shape index (κ1) is 21.7. The molecule has 3 rings (SSSR count). The van der Waals surface area contributed by atoms with E-state index in [9.17, 15) is 18.0 Å². The number of hydrogen-bond donors (Lipinski definition) is 1. The van der Waals surface area contributed by atoms with Crippen molar-refractivity contribution < 1.29 is 22.7 Å². The van der Waals surface area contributed by atoms with E-state index in [4.69, 9.17) is 4.74 Å². The first-order valence-electron chi connectivity index (χ1n) is 10.1. The van der Waals surface area contributed by atoms with Crippen LogP contribution in [0.2, 0.25) is 0 Å². The minimum Gasteiger partial charge on any atom is -0.462 e. The van der Waals surface area contributed by atoms with Crippen molar-refractivity contribution in [1.29, 1.82) is 0 Å². The number of esters is 1. The Hall–Kier alpha value is -1.97. The quantitative estimate of drug-likeness (QED) is 0.629. The summed E-state index contributed by atoms with van der Waals surface area (Å²) in [4.78, 5) is 26.0. The van der Waals surface area contributed by atoms with Gasteiger partial charge in [-0.05, 0) is 56.9 Å². The molecule has 0 spiro atoms. The summed E-state index contributed by atoms with van der Waals surface area (Å²) < 4.78 is 32.1. The van der Waals surface area contributed by atoms with Crippen molar-refractivity contribution in [2.24, 2.45) is 5.92 Å². The maximum atomic E-state index is 12.9. The summed E-state index contributed by atoms with van der Waals surface area (Å²) in [5, 5.41) is 3.03. The molecule has 1 N–H and O–H groups in total. The zero-order chi connectivity index (χ0) is 21.0. The van der Waals surface area contributed by atoms with Gasteiger partial charge in [-0.3, -0.25) is 9.69 Å². The SMILES string of the molecule is CCOC(=O)c1ccc(S(=O)(=O)N2CCN(CC(=O)N[C@@H](C)C3CC3)CC2)cc1. The van der Waals surface area contributed by atoms with Gasteiger partial charge in [-0.1, -0.05) is 0 Å². The normalized spacial score (nSPS) is 19.5. The smallest absolute Gasteiger partial charge is 0.338 e. The van der Waals surface area contributed by atoms with Crippen molar-refractivity contribution in [1.82, 2.24) is 14.5 Å². The van der Waals surface area contributed by atoms with Gasteiger partial charge < -0.3 is 10.1 Å². The lowest BCUT2D eigenvalue weighted by Gasteiger charge is -2.33. The van der Waals surface area contributed by atoms with Gasteiger partial charge in [0.2, 0.25) is 15.9 Å². The number of ether oxygens (including phenoxy) is 1. The molecular weight excluding hydrogens is 394 g/mol. The predicted octanol–water partition coefficient (Wildman–Crippen LogP) is 1.08. The molecule has 1 amide bonds. The number of benzene rings is 1. The van der Waals surface area contributed by atoms with Gasteiger partial charge in [-0.25, -0.2) is 13.2 Å². The van der Waals surface area contributed by atoms with Crippen molar-refractivity contribution >= 4 is 21.9 Å². The van der Waals surface area contributed by atoms with Gasteiger partial charge in [0, 0.05) is 32.2 Å². The Labute approximate surface area is 172 Å². The molecule has 9 heteroatoms. The second-order valence-electron chi connectivity index (χ2n) is 7.62. The maximum absolute atomic E-state index is 12.9. The lowest BCUT2D eigenvalue weighted by molar-refractivity contribution is -0.123. The van der Waals surface area contributed by atoms with Gasteiger partial charge in [0.15, 0.2) is 0 Å². The Morgan fingerprint density at radius 3 is 2.31 bits per heavy atom. The van der Waals surface area contributed by atoms with Crippen molar-refractivity contribution in [3.63, 3.8) is 0 Å². The van der Waals surface area contributed by atoms with Gasteiger partial charge in [-0.2, -0.15) is 4.31 Å². The van der Waals surface area contributed by atoms with Crippen molar-refractivity contribution in [2.45, 2.75) is 37.6 Å². The maximum Gasteiger partial charge on any atom is 0.338 e. The first-order valence-corrected chi connectivity index (χ1v) is 11.5. The third-order valence-corrected chi connectivity index (χ3v) is 7.33. The van der Waals surface area contributed by atoms with Gasteiger partial charge in [-0.15, -0.1) is 0 Å². The van der Waals surface area contributed by atoms with E-state index < -0.39 is 16.0 Å². The summed E-state index contributed by atoms with van der Waals surface area (Å²) in [6.45, 7) is 5.97. The minimum absolute atomic E-state index is 0.00439. The van der Waals surface area contributed by atoms with Crippen LogP contribution in [0.4, 0.5) is 0 Å². The van der Waals surface area contributed by atoms with Crippen molar-refractivity contribution in [3.8, 4) is 0 Å². The zero-order valence-corrected chi connectivity index (χ0v) is 17.8. The van der Waals surface area contributed by atoms with Crippen LogP contribution in [-0.4, -0.2) is 74.9 Å². The second kappa shape index (κ2) is 9.23. The highest BCUT2D eigenvalue weighted by Gasteiger charge is 2.31. The number of carbonyl (C=O) groups is 2. The van der Waals surface area contributed by atoms with E-state index in [2.05, 4.69) is 5.32 Å². The molecular formula is C20H29N3O5S. The Bertz CT molecular complexity index is 828. The zero-order valence-electron chi connectivity index (χ0n) is 17.0. The third-order valence-electron chi connectivity index (χ3n) is 5.42. The van der Waals surface area contributed by atoms with Crippen LogP contribution in [0.25, 0.3) is 0 Å². The fraction of sp³-hybridized carbons (Fsp3) is 0.600. The summed E-state index contributed by atoms with van der Waals surface area (Å²) in [5.74, 6) is 0.130. The number of rotatable bonds is 8. The van der Waals surface area contributed by atoms with Gasteiger partial charge >= 0.3 is 5.97 Å². The molecule has 1 saturated carbocycles. The molecule has 29 heavy (non-hydrogen) atoms. The van der Waals surface area contributed by atoms with E-state index in [0.717, 1.165) is 0 Å². The molecule has 8 nitrogen and oxygen atoms in total. The lowest BCUT2D eigenvalue weighted by Crippen LogP contribution is -2.51. The Balaban J connectivity index is 1.52. The van der Waals surface area contributed by atoms with Crippen molar-refractivity contribution in [3.05, 3.63) is 29.8 Å². The molecule has 1 atom stereocenters. The summed E-state index contributed by atoms with van der Waals surface area (Å²) in [6.07, 6.45) is 2.36. The molecule has 1 aromatic carbocycles. The summed E-state index contributed by atoms with van der Waals surface area (Å²) >= 11 is 0. The monoisotopic (exact) mass is 423 g/mol. The third kappa shape index (κ3) is 5.55. The van der Waals surface area contributed by atoms with E-state index >= 15 is 0 Å². The molecule has 1 aliphatic carbocycles. The molecule has 0 unspecified atom stereocenters. The molecule has 1 aliphatic heterocycles. The number of carbonyl (C=O) groups excluding carboxylic acids is 2. The summed E-state index contributed by atoms with van der Waals surface area (Å²) in [6, 6.07) is 6.00. The highest BCUT2D eigenvalue weighted by molar-refractivity contribution is 7.89. The summed E-state index contributed by atoms with van der Waals surface area (Å²) in [5.41, 5.74) is 0.321. The highest BCUT2D eigenvalue weighted by atomic mass is 32.2. The Morgan fingerprint density at radius 2 is 1.76 bits per heavy atom.